The number of fused-ring (bicyclic) bond motifs is 1. The number of aryl methyl sites for hydroxylation is 7. The smallest absolute Gasteiger partial charge is 0.238 e. The van der Waals surface area contributed by atoms with E-state index in [-0.39, 0.29) is 16.3 Å². The molecule has 3 aromatic carbocycles. The number of azo groups is 1. The number of sulfonamides is 1. The number of aromatic nitrogens is 4. The summed E-state index contributed by atoms with van der Waals surface area (Å²) >= 11 is 1.20. The second kappa shape index (κ2) is 13.8. The van der Waals surface area contributed by atoms with Gasteiger partial charge in [-0.2, -0.15) is 15.0 Å². The first kappa shape index (κ1) is 37.3. The Morgan fingerprint density at radius 1 is 0.811 bits per heavy atom. The van der Waals surface area contributed by atoms with E-state index in [9.17, 15) is 13.7 Å². The van der Waals surface area contributed by atoms with E-state index in [0.29, 0.717) is 38.4 Å². The molecule has 0 saturated carbocycles. The average molecular weight is 747 g/mol. The molecule has 53 heavy (non-hydrogen) atoms. The van der Waals surface area contributed by atoms with Crippen LogP contribution in [0.2, 0.25) is 0 Å². The maximum atomic E-state index is 12.1. The molecule has 0 aliphatic heterocycles. The molecule has 12 nitrogen and oxygen atoms in total. The number of benzene rings is 3. The number of hydrogen-bond acceptors (Lipinski definition) is 11. The number of nitrogens with zero attached hydrogens (tertiary/aromatic N) is 7. The molecule has 0 bridgehead atoms. The van der Waals surface area contributed by atoms with Crippen molar-refractivity contribution < 1.29 is 8.42 Å². The van der Waals surface area contributed by atoms with E-state index in [2.05, 4.69) is 68.7 Å². The van der Waals surface area contributed by atoms with Crippen molar-refractivity contribution in [3.8, 4) is 11.2 Å². The highest BCUT2D eigenvalue weighted by atomic mass is 32.2. The standard InChI is InChI=1S/C39H42N10O2S2/c1-20-13-22(3)32(23(4)14-20)43-31-17-26(7)34(36(44-31)45-33-24(5)15-21(2)16-25(33)6)46-47-37-28(19-40)35(39(8,9)10)48-49(37)38-42-29-12-11-27(53(41,50)51)18-30(29)52-38/h11-18H,1-10H3,(H2,41,50,51)(H2,43,44,45). The number of hydrogen-bond donors (Lipinski definition) is 3. The van der Waals surface area contributed by atoms with Gasteiger partial charge in [0.05, 0.1) is 20.8 Å². The maximum absolute atomic E-state index is 12.1. The van der Waals surface area contributed by atoms with E-state index in [1.54, 1.807) is 6.07 Å². The first-order chi connectivity index (χ1) is 24.8. The van der Waals surface area contributed by atoms with Gasteiger partial charge in [0, 0.05) is 16.8 Å². The number of nitriles is 1. The van der Waals surface area contributed by atoms with Crippen molar-refractivity contribution in [2.24, 2.45) is 15.4 Å². The molecule has 6 rings (SSSR count). The molecule has 0 atom stereocenters. The molecule has 272 valence electrons. The van der Waals surface area contributed by atoms with Crippen LogP contribution in [0.3, 0.4) is 0 Å². The first-order valence-corrected chi connectivity index (χ1v) is 19.3. The molecule has 0 radical (unpaired) electrons. The number of pyridine rings is 1. The van der Waals surface area contributed by atoms with Gasteiger partial charge in [0.2, 0.25) is 15.2 Å². The Balaban J connectivity index is 1.53. The van der Waals surface area contributed by atoms with Crippen molar-refractivity contribution in [1.82, 2.24) is 19.7 Å². The molecule has 0 spiro atoms. The van der Waals surface area contributed by atoms with Gasteiger partial charge in [-0.3, -0.25) is 0 Å². The summed E-state index contributed by atoms with van der Waals surface area (Å²) in [6.45, 7) is 20.2. The van der Waals surface area contributed by atoms with E-state index in [1.165, 1.54) is 33.7 Å². The average Bonchev–Trinajstić information content (AvgIpc) is 3.64. The van der Waals surface area contributed by atoms with Crippen LogP contribution in [0.5, 0.6) is 0 Å². The van der Waals surface area contributed by atoms with Crippen molar-refractivity contribution in [1.29, 1.82) is 5.26 Å². The van der Waals surface area contributed by atoms with E-state index in [4.69, 9.17) is 30.4 Å². The second-order valence-electron chi connectivity index (χ2n) is 14.5. The number of thiazole rings is 1. The number of primary sulfonamides is 1. The lowest BCUT2D eigenvalue weighted by Crippen LogP contribution is -2.14. The SMILES string of the molecule is Cc1cc(C)c(Nc2cc(C)c(N=Nc3c(C#N)c(C(C)(C)C)nn3-c3nc4ccc(S(N)(=O)=O)cc4s3)c(Nc3c(C)cc(C)cc3C)n2)c(C)c1. The van der Waals surface area contributed by atoms with Gasteiger partial charge in [-0.15, -0.1) is 10.2 Å². The lowest BCUT2D eigenvalue weighted by Gasteiger charge is -2.18. The van der Waals surface area contributed by atoms with Gasteiger partial charge in [-0.05, 0) is 101 Å². The summed E-state index contributed by atoms with van der Waals surface area (Å²) in [5, 5.41) is 37.7. The van der Waals surface area contributed by atoms with Crippen LogP contribution in [0.4, 0.5) is 34.5 Å². The van der Waals surface area contributed by atoms with E-state index in [1.807, 2.05) is 47.6 Å². The zero-order chi connectivity index (χ0) is 38.6. The topological polar surface area (TPSA) is 176 Å². The maximum Gasteiger partial charge on any atom is 0.238 e. The van der Waals surface area contributed by atoms with Gasteiger partial charge in [0.25, 0.3) is 0 Å². The minimum absolute atomic E-state index is 0.0265. The van der Waals surface area contributed by atoms with Crippen LogP contribution < -0.4 is 15.8 Å². The molecule has 0 fully saturated rings. The van der Waals surface area contributed by atoms with Gasteiger partial charge in [0.1, 0.15) is 23.1 Å². The number of nitrogens with two attached hydrogens (primary N) is 1. The fourth-order valence-corrected chi connectivity index (χ4v) is 8.04. The summed E-state index contributed by atoms with van der Waals surface area (Å²) in [7, 11) is -3.93. The van der Waals surface area contributed by atoms with Gasteiger partial charge < -0.3 is 10.6 Å². The molecule has 6 aromatic rings. The van der Waals surface area contributed by atoms with Crippen LogP contribution in [0.25, 0.3) is 15.3 Å². The quantitative estimate of drug-likeness (QED) is 0.129. The Hall–Kier alpha value is -5.49. The number of nitrogens with one attached hydrogen (secondary N) is 2. The summed E-state index contributed by atoms with van der Waals surface area (Å²) in [6.07, 6.45) is 0. The minimum atomic E-state index is -3.93. The molecule has 4 N–H and O–H groups in total. The molecular weight excluding hydrogens is 705 g/mol. The van der Waals surface area contributed by atoms with Crippen LogP contribution >= 0.6 is 11.3 Å². The van der Waals surface area contributed by atoms with Crippen molar-refractivity contribution >= 4 is 66.1 Å². The van der Waals surface area contributed by atoms with Gasteiger partial charge in [-0.25, -0.2) is 23.5 Å². The third-order valence-electron chi connectivity index (χ3n) is 8.82. The molecule has 0 aliphatic rings. The Kier molecular flexibility index (Phi) is 9.71. The summed E-state index contributed by atoms with van der Waals surface area (Å²) in [5.74, 6) is 1.29. The predicted molar refractivity (Wildman–Crippen MR) is 213 cm³/mol. The van der Waals surface area contributed by atoms with Crippen molar-refractivity contribution in [3.05, 3.63) is 98.7 Å². The third-order valence-corrected chi connectivity index (χ3v) is 10.7. The molecule has 0 saturated heterocycles. The van der Waals surface area contributed by atoms with Crippen LogP contribution in [0, 0.1) is 59.8 Å². The molecule has 0 amide bonds. The normalized spacial score (nSPS) is 12.1. The number of rotatable bonds is 8. The minimum Gasteiger partial charge on any atom is -0.340 e. The second-order valence-corrected chi connectivity index (χ2v) is 17.1. The molecule has 0 aliphatic carbocycles. The Morgan fingerprint density at radius 2 is 1.40 bits per heavy atom. The highest BCUT2D eigenvalue weighted by Gasteiger charge is 2.29. The summed E-state index contributed by atoms with van der Waals surface area (Å²) < 4.78 is 26.2. The van der Waals surface area contributed by atoms with Crippen LogP contribution in [-0.2, 0) is 15.4 Å². The Labute approximate surface area is 313 Å². The number of anilines is 4. The summed E-state index contributed by atoms with van der Waals surface area (Å²) in [4.78, 5) is 9.73. The zero-order valence-corrected chi connectivity index (χ0v) is 33.1. The molecule has 3 aromatic heterocycles. The molecule has 3 heterocycles. The van der Waals surface area contributed by atoms with Gasteiger partial charge in [0.15, 0.2) is 11.6 Å². The lowest BCUT2D eigenvalue weighted by atomic mass is 9.90. The summed E-state index contributed by atoms with van der Waals surface area (Å²) in [6, 6.07) is 17.2. The predicted octanol–water partition coefficient (Wildman–Crippen LogP) is 9.76. The lowest BCUT2D eigenvalue weighted by molar-refractivity contribution is 0.559. The fraction of sp³-hybridized carbons (Fsp3) is 0.282. The van der Waals surface area contributed by atoms with Gasteiger partial charge in [-0.1, -0.05) is 67.5 Å². The third kappa shape index (κ3) is 7.54. The monoisotopic (exact) mass is 746 g/mol. The first-order valence-electron chi connectivity index (χ1n) is 16.9. The Morgan fingerprint density at radius 3 is 1.94 bits per heavy atom. The van der Waals surface area contributed by atoms with E-state index >= 15 is 0 Å². The largest absolute Gasteiger partial charge is 0.340 e. The van der Waals surface area contributed by atoms with Crippen molar-refractivity contribution in [2.45, 2.75) is 79.5 Å². The van der Waals surface area contributed by atoms with Crippen LogP contribution in [0.15, 0.2) is 63.7 Å². The van der Waals surface area contributed by atoms with Crippen LogP contribution in [-0.4, -0.2) is 28.2 Å². The Bertz CT molecular complexity index is 2580. The van der Waals surface area contributed by atoms with E-state index < -0.39 is 15.4 Å². The summed E-state index contributed by atoms with van der Waals surface area (Å²) in [5.41, 5.74) is 10.6. The zero-order valence-electron chi connectivity index (χ0n) is 31.5. The highest BCUT2D eigenvalue weighted by molar-refractivity contribution is 7.89. The van der Waals surface area contributed by atoms with Crippen molar-refractivity contribution in [2.75, 3.05) is 10.6 Å². The van der Waals surface area contributed by atoms with Crippen molar-refractivity contribution in [3.63, 3.8) is 0 Å². The van der Waals surface area contributed by atoms with Gasteiger partial charge >= 0.3 is 0 Å². The molecule has 14 heteroatoms. The molecule has 0 unspecified atom stereocenters. The fourth-order valence-electron chi connectivity index (χ4n) is 6.46. The highest BCUT2D eigenvalue weighted by Crippen LogP contribution is 2.40. The molecular formula is C39H42N10O2S2. The van der Waals surface area contributed by atoms with Crippen LogP contribution in [0.1, 0.15) is 71.0 Å². The van der Waals surface area contributed by atoms with E-state index in [0.717, 1.165) is 44.8 Å².